The summed E-state index contributed by atoms with van der Waals surface area (Å²) in [4.78, 5) is 2.07. The average Bonchev–Trinajstić information content (AvgIpc) is 2.41. The Morgan fingerprint density at radius 2 is 1.88 bits per heavy atom. The smallest absolute Gasteiger partial charge is 0.213 e. The minimum absolute atomic E-state index is 0.156. The molecule has 0 radical (unpaired) electrons. The van der Waals surface area contributed by atoms with Crippen molar-refractivity contribution in [1.29, 1.82) is 0 Å². The van der Waals surface area contributed by atoms with Crippen molar-refractivity contribution >= 4 is 31.6 Å². The first-order valence-corrected chi connectivity index (χ1v) is 7.49. The molecule has 88 valence electrons. The lowest BCUT2D eigenvalue weighted by atomic mass is 10.3. The summed E-state index contributed by atoms with van der Waals surface area (Å²) in [5.74, 6) is 0.156. The summed E-state index contributed by atoms with van der Waals surface area (Å²) in [6.45, 7) is 1.72. The summed E-state index contributed by atoms with van der Waals surface area (Å²) in [5.41, 5.74) is 1.06. The highest BCUT2D eigenvalue weighted by atomic mass is 79.9. The van der Waals surface area contributed by atoms with Gasteiger partial charge in [0, 0.05) is 29.8 Å². The Morgan fingerprint density at radius 1 is 1.19 bits per heavy atom. The van der Waals surface area contributed by atoms with Crippen LogP contribution in [0.25, 0.3) is 0 Å². The fraction of sp³-hybridized carbons (Fsp3) is 0.400. The van der Waals surface area contributed by atoms with Crippen LogP contribution in [0.15, 0.2) is 28.7 Å². The topological polar surface area (TPSA) is 49.4 Å². The molecule has 0 saturated carbocycles. The third kappa shape index (κ3) is 2.96. The van der Waals surface area contributed by atoms with Crippen molar-refractivity contribution in [2.75, 3.05) is 30.3 Å². The van der Waals surface area contributed by atoms with Crippen molar-refractivity contribution < 1.29 is 8.42 Å². The number of benzene rings is 1. The summed E-state index contributed by atoms with van der Waals surface area (Å²) in [7, 11) is -3.07. The van der Waals surface area contributed by atoms with Gasteiger partial charge in [0.25, 0.3) is 0 Å². The summed E-state index contributed by atoms with van der Waals surface area (Å²) >= 11 is 3.38. The first kappa shape index (κ1) is 11.9. The van der Waals surface area contributed by atoms with Crippen LogP contribution in [-0.4, -0.2) is 33.8 Å². The number of halogens is 1. The van der Waals surface area contributed by atoms with Crippen LogP contribution >= 0.6 is 15.9 Å². The minimum atomic E-state index is -3.07. The molecule has 0 unspecified atom stereocenters. The number of nitrogens with zero attached hydrogens (tertiary/aromatic N) is 1. The molecule has 6 heteroatoms. The van der Waals surface area contributed by atoms with E-state index < -0.39 is 10.0 Å². The van der Waals surface area contributed by atoms with Crippen LogP contribution in [0.3, 0.4) is 0 Å². The van der Waals surface area contributed by atoms with Crippen LogP contribution in [0.5, 0.6) is 0 Å². The zero-order valence-corrected chi connectivity index (χ0v) is 11.1. The Balaban J connectivity index is 2.13. The maximum atomic E-state index is 11.4. The predicted octanol–water partition coefficient (Wildman–Crippen LogP) is 1.19. The van der Waals surface area contributed by atoms with E-state index in [1.807, 2.05) is 24.3 Å². The summed E-state index contributed by atoms with van der Waals surface area (Å²) < 4.78 is 26.3. The van der Waals surface area contributed by atoms with E-state index in [0.717, 1.165) is 10.2 Å². The van der Waals surface area contributed by atoms with Crippen molar-refractivity contribution in [1.82, 2.24) is 4.72 Å². The van der Waals surface area contributed by atoms with E-state index in [-0.39, 0.29) is 5.75 Å². The van der Waals surface area contributed by atoms with Gasteiger partial charge in [0.15, 0.2) is 0 Å². The Morgan fingerprint density at radius 3 is 2.56 bits per heavy atom. The van der Waals surface area contributed by atoms with Gasteiger partial charge in [-0.1, -0.05) is 15.9 Å². The van der Waals surface area contributed by atoms with E-state index in [2.05, 4.69) is 25.6 Å². The highest BCUT2D eigenvalue weighted by molar-refractivity contribution is 9.10. The molecule has 0 amide bonds. The zero-order chi connectivity index (χ0) is 11.6. The van der Waals surface area contributed by atoms with Gasteiger partial charge >= 0.3 is 0 Å². The Hall–Kier alpha value is -0.590. The van der Waals surface area contributed by atoms with Gasteiger partial charge in [-0.3, -0.25) is 0 Å². The number of nitrogens with one attached hydrogen (secondary N) is 1. The Labute approximate surface area is 104 Å². The minimum Gasteiger partial charge on any atom is -0.369 e. The number of anilines is 1. The van der Waals surface area contributed by atoms with Gasteiger partial charge in [0.1, 0.15) is 0 Å². The van der Waals surface area contributed by atoms with Crippen molar-refractivity contribution in [3.8, 4) is 0 Å². The predicted molar refractivity (Wildman–Crippen MR) is 68.1 cm³/mol. The molecule has 0 atom stereocenters. The molecule has 1 saturated heterocycles. The lowest BCUT2D eigenvalue weighted by Gasteiger charge is -2.21. The second kappa shape index (κ2) is 4.73. The lowest BCUT2D eigenvalue weighted by molar-refractivity contribution is 0.586. The number of sulfonamides is 1. The van der Waals surface area contributed by atoms with Crippen LogP contribution in [0.4, 0.5) is 5.69 Å². The SMILES string of the molecule is O=S1(=O)CCN(c2ccc(Br)cc2)CCN1. The maximum absolute atomic E-state index is 11.4. The second-order valence-corrected chi connectivity index (χ2v) is 6.52. The summed E-state index contributed by atoms with van der Waals surface area (Å²) in [5, 5.41) is 0. The standard InChI is InChI=1S/C10H13BrN2O2S/c11-9-1-3-10(4-2-9)13-6-5-12-16(14,15)8-7-13/h1-4,12H,5-8H2. The normalized spacial score (nSPS) is 20.4. The molecule has 16 heavy (non-hydrogen) atoms. The third-order valence-corrected chi connectivity index (χ3v) is 4.42. The highest BCUT2D eigenvalue weighted by Crippen LogP contribution is 2.18. The van der Waals surface area contributed by atoms with E-state index in [4.69, 9.17) is 0 Å². The van der Waals surface area contributed by atoms with Crippen LogP contribution in [0.1, 0.15) is 0 Å². The molecule has 0 spiro atoms. The van der Waals surface area contributed by atoms with E-state index in [0.29, 0.717) is 19.6 Å². The van der Waals surface area contributed by atoms with Crippen LogP contribution in [0, 0.1) is 0 Å². The lowest BCUT2D eigenvalue weighted by Crippen LogP contribution is -2.28. The molecule has 1 aromatic carbocycles. The van der Waals surface area contributed by atoms with E-state index in [1.54, 1.807) is 0 Å². The Bertz CT molecular complexity index is 458. The highest BCUT2D eigenvalue weighted by Gasteiger charge is 2.18. The van der Waals surface area contributed by atoms with Gasteiger partial charge in [-0.25, -0.2) is 13.1 Å². The Kier molecular flexibility index (Phi) is 3.51. The summed E-state index contributed by atoms with van der Waals surface area (Å²) in [6, 6.07) is 7.90. The van der Waals surface area contributed by atoms with Gasteiger partial charge in [-0.2, -0.15) is 0 Å². The molecule has 1 heterocycles. The zero-order valence-electron chi connectivity index (χ0n) is 8.69. The molecule has 0 aromatic heterocycles. The maximum Gasteiger partial charge on any atom is 0.213 e. The van der Waals surface area contributed by atoms with Gasteiger partial charge in [-0.15, -0.1) is 0 Å². The van der Waals surface area contributed by atoms with Crippen LogP contribution in [-0.2, 0) is 10.0 Å². The van der Waals surface area contributed by atoms with E-state index in [9.17, 15) is 8.42 Å². The molecule has 4 nitrogen and oxygen atoms in total. The molecule has 0 bridgehead atoms. The van der Waals surface area contributed by atoms with Crippen molar-refractivity contribution in [3.05, 3.63) is 28.7 Å². The molecule has 1 N–H and O–H groups in total. The molecule has 2 rings (SSSR count). The van der Waals surface area contributed by atoms with Crippen molar-refractivity contribution in [3.63, 3.8) is 0 Å². The first-order chi connectivity index (χ1) is 7.57. The molecule has 1 aliphatic rings. The molecule has 1 fully saturated rings. The van der Waals surface area contributed by atoms with Crippen molar-refractivity contribution in [2.24, 2.45) is 0 Å². The quantitative estimate of drug-likeness (QED) is 0.848. The molecular formula is C10H13BrN2O2S. The molecule has 1 aliphatic heterocycles. The van der Waals surface area contributed by atoms with E-state index in [1.165, 1.54) is 0 Å². The van der Waals surface area contributed by atoms with Crippen LogP contribution in [0.2, 0.25) is 0 Å². The number of rotatable bonds is 1. The monoisotopic (exact) mass is 304 g/mol. The van der Waals surface area contributed by atoms with Gasteiger partial charge < -0.3 is 4.90 Å². The fourth-order valence-corrected chi connectivity index (χ4v) is 2.93. The van der Waals surface area contributed by atoms with E-state index >= 15 is 0 Å². The molecule has 1 aromatic rings. The number of hydrogen-bond donors (Lipinski definition) is 1. The molecular weight excluding hydrogens is 292 g/mol. The largest absolute Gasteiger partial charge is 0.369 e. The molecule has 0 aliphatic carbocycles. The fourth-order valence-electron chi connectivity index (χ4n) is 1.66. The van der Waals surface area contributed by atoms with Crippen LogP contribution < -0.4 is 9.62 Å². The van der Waals surface area contributed by atoms with Crippen molar-refractivity contribution in [2.45, 2.75) is 0 Å². The first-order valence-electron chi connectivity index (χ1n) is 5.05. The second-order valence-electron chi connectivity index (χ2n) is 3.68. The number of hydrogen-bond acceptors (Lipinski definition) is 3. The summed E-state index contributed by atoms with van der Waals surface area (Å²) in [6.07, 6.45) is 0. The van der Waals surface area contributed by atoms with Gasteiger partial charge in [-0.05, 0) is 24.3 Å². The third-order valence-electron chi connectivity index (χ3n) is 2.53. The van der Waals surface area contributed by atoms with Gasteiger partial charge in [0.05, 0.1) is 5.75 Å². The van der Waals surface area contributed by atoms with Gasteiger partial charge in [0.2, 0.25) is 10.0 Å². The average molecular weight is 305 g/mol.